The van der Waals surface area contributed by atoms with Gasteiger partial charge in [0, 0.05) is 18.8 Å². The Morgan fingerprint density at radius 2 is 1.95 bits per heavy atom. The minimum Gasteiger partial charge on any atom is -0.288 e. The molecule has 0 saturated carbocycles. The zero-order valence-corrected chi connectivity index (χ0v) is 10.7. The van der Waals surface area contributed by atoms with E-state index in [0.29, 0.717) is 5.69 Å². The highest BCUT2D eigenvalue weighted by molar-refractivity contribution is 5.50. The zero-order valence-electron chi connectivity index (χ0n) is 10.7. The number of aromatic nitrogens is 3. The Bertz CT molecular complexity index is 711. The third-order valence-electron chi connectivity index (χ3n) is 2.99. The fourth-order valence-electron chi connectivity index (χ4n) is 1.87. The average Bonchev–Trinajstić information content (AvgIpc) is 2.70. The summed E-state index contributed by atoms with van der Waals surface area (Å²) in [6.45, 7) is 1.54. The van der Waals surface area contributed by atoms with Crippen LogP contribution in [0.1, 0.15) is 23.5 Å². The summed E-state index contributed by atoms with van der Waals surface area (Å²) in [6, 6.07) is 1.89. The lowest BCUT2D eigenvalue weighted by Crippen LogP contribution is -2.36. The largest absolute Gasteiger partial charge is 0.453 e. The molecule has 0 aliphatic rings. The molecule has 0 bridgehead atoms. The van der Waals surface area contributed by atoms with E-state index in [1.54, 1.807) is 6.92 Å². The quantitative estimate of drug-likeness (QED) is 0.819. The Morgan fingerprint density at radius 1 is 1.29 bits per heavy atom. The van der Waals surface area contributed by atoms with Gasteiger partial charge in [-0.3, -0.25) is 9.38 Å². The third-order valence-corrected chi connectivity index (χ3v) is 2.99. The summed E-state index contributed by atoms with van der Waals surface area (Å²) in [6.07, 6.45) is -4.98. The van der Waals surface area contributed by atoms with Crippen LogP contribution in [0.2, 0.25) is 0 Å². The lowest BCUT2D eigenvalue weighted by atomic mass is 10.1. The number of imidazole rings is 1. The Balaban J connectivity index is 2.35. The molecule has 21 heavy (non-hydrogen) atoms. The predicted molar refractivity (Wildman–Crippen MR) is 61.8 cm³/mol. The number of alkyl halides is 5. The van der Waals surface area contributed by atoms with E-state index in [1.807, 2.05) is 6.07 Å². The van der Waals surface area contributed by atoms with E-state index < -0.39 is 24.9 Å². The molecule has 0 saturated heterocycles. The zero-order chi connectivity index (χ0) is 15.8. The number of fused-ring (bicyclic) bond motifs is 1. The SMILES string of the molecule is Cc1nc2c(CCC(F)(F)C(F)(F)F)nccn2c1C#N. The first kappa shape index (κ1) is 15.2. The molecule has 0 unspecified atom stereocenters. The molecule has 0 spiro atoms. The molecule has 0 atom stereocenters. The van der Waals surface area contributed by atoms with Crippen LogP contribution in [0.15, 0.2) is 12.4 Å². The van der Waals surface area contributed by atoms with Crippen molar-refractivity contribution in [2.75, 3.05) is 0 Å². The first-order chi connectivity index (χ1) is 9.67. The number of aryl methyl sites for hydroxylation is 2. The van der Waals surface area contributed by atoms with Crippen LogP contribution in [0, 0.1) is 18.3 Å². The first-order valence-corrected chi connectivity index (χ1v) is 5.84. The Labute approximate surface area is 115 Å². The summed E-state index contributed by atoms with van der Waals surface area (Å²) in [7, 11) is 0. The van der Waals surface area contributed by atoms with Crippen LogP contribution in [0.5, 0.6) is 0 Å². The van der Waals surface area contributed by atoms with Gasteiger partial charge in [-0.1, -0.05) is 0 Å². The van der Waals surface area contributed by atoms with Gasteiger partial charge in [-0.15, -0.1) is 0 Å². The van der Waals surface area contributed by atoms with Crippen molar-refractivity contribution in [1.29, 1.82) is 5.26 Å². The lowest BCUT2D eigenvalue weighted by Gasteiger charge is -2.19. The summed E-state index contributed by atoms with van der Waals surface area (Å²) in [5.74, 6) is -4.79. The fraction of sp³-hybridized carbons (Fsp3) is 0.417. The summed E-state index contributed by atoms with van der Waals surface area (Å²) in [4.78, 5) is 7.79. The minimum atomic E-state index is -5.60. The summed E-state index contributed by atoms with van der Waals surface area (Å²) < 4.78 is 63.6. The second-order valence-corrected chi connectivity index (χ2v) is 4.43. The Morgan fingerprint density at radius 3 is 2.52 bits per heavy atom. The number of rotatable bonds is 3. The van der Waals surface area contributed by atoms with E-state index in [4.69, 9.17) is 5.26 Å². The van der Waals surface area contributed by atoms with E-state index in [-0.39, 0.29) is 17.0 Å². The Kier molecular flexibility index (Phi) is 3.57. The monoisotopic (exact) mass is 304 g/mol. The van der Waals surface area contributed by atoms with Crippen molar-refractivity contribution in [3.8, 4) is 6.07 Å². The smallest absolute Gasteiger partial charge is 0.288 e. The van der Waals surface area contributed by atoms with Crippen LogP contribution < -0.4 is 0 Å². The van der Waals surface area contributed by atoms with Crippen molar-refractivity contribution in [2.24, 2.45) is 0 Å². The topological polar surface area (TPSA) is 54.0 Å². The molecule has 0 N–H and O–H groups in total. The highest BCUT2D eigenvalue weighted by Crippen LogP contribution is 2.38. The van der Waals surface area contributed by atoms with Crippen LogP contribution in [-0.2, 0) is 6.42 Å². The van der Waals surface area contributed by atoms with Gasteiger partial charge >= 0.3 is 12.1 Å². The number of hydrogen-bond acceptors (Lipinski definition) is 3. The number of nitrogens with zero attached hydrogens (tertiary/aromatic N) is 4. The lowest BCUT2D eigenvalue weighted by molar-refractivity contribution is -0.284. The van der Waals surface area contributed by atoms with Crippen molar-refractivity contribution < 1.29 is 22.0 Å². The van der Waals surface area contributed by atoms with E-state index in [2.05, 4.69) is 9.97 Å². The Hall–Kier alpha value is -2.24. The van der Waals surface area contributed by atoms with Crippen molar-refractivity contribution in [3.05, 3.63) is 29.5 Å². The average molecular weight is 304 g/mol. The van der Waals surface area contributed by atoms with Gasteiger partial charge in [0.05, 0.1) is 11.4 Å². The van der Waals surface area contributed by atoms with Crippen LogP contribution in [0.25, 0.3) is 5.65 Å². The molecule has 0 fully saturated rings. The molecule has 0 aliphatic carbocycles. The summed E-state index contributed by atoms with van der Waals surface area (Å²) >= 11 is 0. The van der Waals surface area contributed by atoms with Crippen LogP contribution >= 0.6 is 0 Å². The maximum absolute atomic E-state index is 12.9. The van der Waals surface area contributed by atoms with Crippen LogP contribution in [-0.4, -0.2) is 26.5 Å². The molecule has 2 aromatic heterocycles. The van der Waals surface area contributed by atoms with E-state index in [0.717, 1.165) is 0 Å². The highest BCUT2D eigenvalue weighted by Gasteiger charge is 2.56. The molecule has 0 aliphatic heterocycles. The third kappa shape index (κ3) is 2.66. The van der Waals surface area contributed by atoms with Crippen molar-refractivity contribution in [3.63, 3.8) is 0 Å². The molecule has 0 amide bonds. The van der Waals surface area contributed by atoms with Gasteiger partial charge in [-0.25, -0.2) is 4.98 Å². The van der Waals surface area contributed by atoms with Gasteiger partial charge in [-0.2, -0.15) is 27.2 Å². The highest BCUT2D eigenvalue weighted by atomic mass is 19.4. The normalized spacial score (nSPS) is 12.6. The van der Waals surface area contributed by atoms with E-state index in [1.165, 1.54) is 16.8 Å². The van der Waals surface area contributed by atoms with Gasteiger partial charge in [0.2, 0.25) is 0 Å². The predicted octanol–water partition coefficient (Wildman–Crippen LogP) is 3.04. The molecular formula is C12H9F5N4. The second-order valence-electron chi connectivity index (χ2n) is 4.43. The molecule has 4 nitrogen and oxygen atoms in total. The van der Waals surface area contributed by atoms with E-state index >= 15 is 0 Å². The maximum atomic E-state index is 12.9. The number of hydrogen-bond donors (Lipinski definition) is 0. The van der Waals surface area contributed by atoms with Gasteiger partial charge < -0.3 is 0 Å². The van der Waals surface area contributed by atoms with Gasteiger partial charge in [0.25, 0.3) is 0 Å². The fourth-order valence-corrected chi connectivity index (χ4v) is 1.87. The molecule has 0 aromatic carbocycles. The van der Waals surface area contributed by atoms with Gasteiger partial charge in [0.15, 0.2) is 5.65 Å². The van der Waals surface area contributed by atoms with Gasteiger partial charge in [-0.05, 0) is 13.3 Å². The number of halogens is 5. The second kappa shape index (κ2) is 4.95. The molecule has 0 radical (unpaired) electrons. The van der Waals surface area contributed by atoms with Crippen LogP contribution in [0.4, 0.5) is 22.0 Å². The van der Waals surface area contributed by atoms with Crippen LogP contribution in [0.3, 0.4) is 0 Å². The summed E-state index contributed by atoms with van der Waals surface area (Å²) in [5, 5.41) is 8.96. The van der Waals surface area contributed by atoms with Crippen molar-refractivity contribution in [2.45, 2.75) is 31.9 Å². The first-order valence-electron chi connectivity index (χ1n) is 5.84. The van der Waals surface area contributed by atoms with Crippen molar-refractivity contribution in [1.82, 2.24) is 14.4 Å². The minimum absolute atomic E-state index is 0.00831. The van der Waals surface area contributed by atoms with Gasteiger partial charge in [0.1, 0.15) is 11.8 Å². The molecular weight excluding hydrogens is 295 g/mol. The molecule has 112 valence electrons. The van der Waals surface area contributed by atoms with Crippen molar-refractivity contribution >= 4 is 5.65 Å². The standard InChI is InChI=1S/C12H9F5N4/c1-7-9(6-18)21-5-4-19-8(10(21)20-7)2-3-11(13,14)12(15,16)17/h4-5H,2-3H2,1H3. The summed E-state index contributed by atoms with van der Waals surface area (Å²) in [5.41, 5.74) is 0.654. The molecule has 2 rings (SSSR count). The molecule has 2 heterocycles. The molecule has 2 aromatic rings. The number of nitriles is 1. The molecule has 9 heteroatoms. The van der Waals surface area contributed by atoms with E-state index in [9.17, 15) is 22.0 Å². The maximum Gasteiger partial charge on any atom is 0.453 e.